The van der Waals surface area contributed by atoms with Crippen molar-refractivity contribution < 1.29 is 0 Å². The summed E-state index contributed by atoms with van der Waals surface area (Å²) in [6.45, 7) is 2.22. The summed E-state index contributed by atoms with van der Waals surface area (Å²) < 4.78 is 0. The van der Waals surface area contributed by atoms with E-state index in [1.807, 2.05) is 8.93 Å². The van der Waals surface area contributed by atoms with E-state index in [0.717, 1.165) is 6.42 Å². The lowest BCUT2D eigenvalue weighted by atomic mass is 10.0. The van der Waals surface area contributed by atoms with E-state index in [2.05, 4.69) is 52.4 Å². The minimum absolute atomic E-state index is 1.15. The Kier molecular flexibility index (Phi) is 5.07. The molecule has 0 saturated carbocycles. The van der Waals surface area contributed by atoms with Crippen molar-refractivity contribution >= 4 is 30.1 Å². The highest BCUT2D eigenvalue weighted by atomic mass is 127. The molecule has 0 aromatic heterocycles. The van der Waals surface area contributed by atoms with Gasteiger partial charge in [0, 0.05) is 5.75 Å². The van der Waals surface area contributed by atoms with E-state index in [4.69, 9.17) is 0 Å². The van der Waals surface area contributed by atoms with Crippen LogP contribution in [0.5, 0.6) is 0 Å². The third kappa shape index (κ3) is 2.98. The van der Waals surface area contributed by atoms with Gasteiger partial charge >= 0.3 is 0 Å². The van der Waals surface area contributed by atoms with Crippen LogP contribution in [0.4, 0.5) is 0 Å². The van der Waals surface area contributed by atoms with Gasteiger partial charge in [-0.1, -0.05) is 40.1 Å². The van der Waals surface area contributed by atoms with Crippen LogP contribution >= 0.6 is 30.1 Å². The highest BCUT2D eigenvalue weighted by molar-refractivity contribution is 14.2. The predicted molar refractivity (Wildman–Crippen MR) is 66.0 cm³/mol. The zero-order chi connectivity index (χ0) is 8.81. The van der Waals surface area contributed by atoms with Gasteiger partial charge in [0.25, 0.3) is 0 Å². The molecule has 2 heteroatoms. The normalized spacial score (nSPS) is 10.2. The Hall–Kier alpha value is 0.300. The third-order valence-electron chi connectivity index (χ3n) is 1.95. The lowest BCUT2D eigenvalue weighted by Gasteiger charge is -2.05. The Labute approximate surface area is 90.7 Å². The van der Waals surface area contributed by atoms with Crippen molar-refractivity contribution in [1.82, 2.24) is 0 Å². The summed E-state index contributed by atoms with van der Waals surface area (Å²) in [6.07, 6.45) is 2.36. The zero-order valence-corrected chi connectivity index (χ0v) is 10.2. The molecule has 0 aliphatic heterocycles. The molecular weight excluding hydrogens is 279 g/mol. The Morgan fingerprint density at radius 2 is 1.92 bits per heavy atom. The first kappa shape index (κ1) is 10.4. The highest BCUT2D eigenvalue weighted by Crippen LogP contribution is 2.16. The van der Waals surface area contributed by atoms with Gasteiger partial charge in [0.2, 0.25) is 0 Å². The van der Waals surface area contributed by atoms with Crippen LogP contribution in [0.25, 0.3) is 0 Å². The van der Waals surface area contributed by atoms with E-state index in [-0.39, 0.29) is 0 Å². The fourth-order valence-electron chi connectivity index (χ4n) is 1.29. The summed E-state index contributed by atoms with van der Waals surface area (Å²) in [5, 5.41) is 0. The molecule has 0 heterocycles. The lowest BCUT2D eigenvalue weighted by molar-refractivity contribution is 1.05. The molecule has 0 bridgehead atoms. The second kappa shape index (κ2) is 5.86. The maximum absolute atomic E-state index is 2.35. The summed E-state index contributed by atoms with van der Waals surface area (Å²) in [7, 11) is 1.89. The van der Waals surface area contributed by atoms with Crippen LogP contribution in [0.1, 0.15) is 18.1 Å². The number of halogens is 1. The monoisotopic (exact) mass is 292 g/mol. The van der Waals surface area contributed by atoms with E-state index in [1.54, 1.807) is 0 Å². The molecule has 12 heavy (non-hydrogen) atoms. The Balaban J connectivity index is 2.68. The van der Waals surface area contributed by atoms with Crippen molar-refractivity contribution in [3.05, 3.63) is 35.4 Å². The van der Waals surface area contributed by atoms with Crippen LogP contribution in [-0.2, 0) is 12.8 Å². The molecule has 1 aromatic carbocycles. The maximum atomic E-state index is 2.35. The first-order valence-corrected chi connectivity index (χ1v) is 7.71. The summed E-state index contributed by atoms with van der Waals surface area (Å²) in [5.41, 5.74) is 3.02. The molecule has 66 valence electrons. The van der Waals surface area contributed by atoms with Crippen molar-refractivity contribution in [2.45, 2.75) is 19.8 Å². The number of aryl methyl sites for hydroxylation is 2. The van der Waals surface area contributed by atoms with Crippen molar-refractivity contribution in [2.75, 3.05) is 5.75 Å². The van der Waals surface area contributed by atoms with Gasteiger partial charge in [0.15, 0.2) is 0 Å². The number of hydrogen-bond donors (Lipinski definition) is 0. The average molecular weight is 292 g/mol. The van der Waals surface area contributed by atoms with E-state index in [0.29, 0.717) is 0 Å². The van der Waals surface area contributed by atoms with Gasteiger partial charge in [-0.05, 0) is 45.2 Å². The quantitative estimate of drug-likeness (QED) is 0.759. The molecule has 0 spiro atoms. The Bertz CT molecular complexity index is 235. The fourth-order valence-corrected chi connectivity index (χ4v) is 2.25. The van der Waals surface area contributed by atoms with Crippen molar-refractivity contribution in [3.63, 3.8) is 0 Å². The average Bonchev–Trinajstić information content (AvgIpc) is 2.15. The van der Waals surface area contributed by atoms with E-state index in [9.17, 15) is 0 Å². The molecule has 0 unspecified atom stereocenters. The third-order valence-corrected chi connectivity index (χ3v) is 3.63. The van der Waals surface area contributed by atoms with Gasteiger partial charge in [-0.15, -0.1) is 0 Å². The second-order valence-electron chi connectivity index (χ2n) is 2.69. The van der Waals surface area contributed by atoms with Gasteiger partial charge in [-0.3, -0.25) is 0 Å². The number of hydrogen-bond acceptors (Lipinski definition) is 1. The number of benzene rings is 1. The van der Waals surface area contributed by atoms with Crippen molar-refractivity contribution in [1.29, 1.82) is 0 Å². The molecule has 0 N–H and O–H groups in total. The minimum atomic E-state index is 1.15. The van der Waals surface area contributed by atoms with Crippen LogP contribution in [-0.4, -0.2) is 5.75 Å². The largest absolute Gasteiger partial charge is 0.0890 e. The molecule has 0 aliphatic rings. The van der Waals surface area contributed by atoms with Gasteiger partial charge in [0.05, 0.1) is 0 Å². The van der Waals surface area contributed by atoms with Crippen LogP contribution in [0.3, 0.4) is 0 Å². The van der Waals surface area contributed by atoms with Crippen molar-refractivity contribution in [2.24, 2.45) is 0 Å². The lowest BCUT2D eigenvalue weighted by Crippen LogP contribution is -1.93. The fraction of sp³-hybridized carbons (Fsp3) is 0.400. The van der Waals surface area contributed by atoms with E-state index in [1.165, 1.54) is 23.3 Å². The van der Waals surface area contributed by atoms with Crippen LogP contribution in [0.15, 0.2) is 24.3 Å². The Morgan fingerprint density at radius 1 is 1.25 bits per heavy atom. The smallest absolute Gasteiger partial charge is 0.00740 e. The molecule has 0 radical (unpaired) electrons. The van der Waals surface area contributed by atoms with Crippen LogP contribution in [0.2, 0.25) is 0 Å². The minimum Gasteiger partial charge on any atom is -0.0890 e. The number of rotatable bonds is 4. The topological polar surface area (TPSA) is 0 Å². The molecule has 0 aliphatic carbocycles. The molecule has 0 fully saturated rings. The predicted octanol–water partition coefficient (Wildman–Crippen LogP) is 3.87. The van der Waals surface area contributed by atoms with Crippen molar-refractivity contribution in [3.8, 4) is 0 Å². The molecule has 0 nitrogen and oxygen atoms in total. The molecule has 0 atom stereocenters. The van der Waals surface area contributed by atoms with Gasteiger partial charge in [-0.2, -0.15) is 0 Å². The Morgan fingerprint density at radius 3 is 2.50 bits per heavy atom. The van der Waals surface area contributed by atoms with Gasteiger partial charge < -0.3 is 0 Å². The molecule has 1 rings (SSSR count). The first-order chi connectivity index (χ1) is 5.88. The van der Waals surface area contributed by atoms with Gasteiger partial charge in [-0.25, -0.2) is 0 Å². The van der Waals surface area contributed by atoms with Gasteiger partial charge in [0.1, 0.15) is 0 Å². The zero-order valence-electron chi connectivity index (χ0n) is 7.22. The van der Waals surface area contributed by atoms with E-state index < -0.39 is 0 Å². The van der Waals surface area contributed by atoms with Crippen LogP contribution in [0, 0.1) is 0 Å². The molecule has 0 saturated heterocycles. The first-order valence-electron chi connectivity index (χ1n) is 4.18. The molecular formula is C10H13IS. The summed E-state index contributed by atoms with van der Waals surface area (Å²) in [4.78, 5) is 0. The second-order valence-corrected chi connectivity index (χ2v) is 5.18. The summed E-state index contributed by atoms with van der Waals surface area (Å²) in [6, 6.07) is 8.73. The summed E-state index contributed by atoms with van der Waals surface area (Å²) in [5.74, 6) is 1.22. The SMILES string of the molecule is CCc1ccccc1CCSI. The van der Waals surface area contributed by atoms with E-state index >= 15 is 0 Å². The summed E-state index contributed by atoms with van der Waals surface area (Å²) >= 11 is 2.35. The molecule has 1 aromatic rings. The molecule has 0 amide bonds. The maximum Gasteiger partial charge on any atom is 0.00740 e. The standard InChI is InChI=1S/C10H13IS/c1-2-9-5-3-4-6-10(9)7-8-12-11/h3-6H,2,7-8H2,1H3. The highest BCUT2D eigenvalue weighted by Gasteiger charge is 1.97. The van der Waals surface area contributed by atoms with Crippen LogP contribution < -0.4 is 0 Å².